The second-order valence-electron chi connectivity index (χ2n) is 4.14. The molecule has 2 atom stereocenters. The molecule has 1 aliphatic rings. The number of amides is 2. The zero-order chi connectivity index (χ0) is 10.4. The Morgan fingerprint density at radius 3 is 2.79 bits per heavy atom. The Morgan fingerprint density at radius 1 is 1.36 bits per heavy atom. The van der Waals surface area contributed by atoms with Crippen LogP contribution in [0.3, 0.4) is 0 Å². The fraction of sp³-hybridized carbons (Fsp3) is 0.909. The maximum Gasteiger partial charge on any atom is 0.314 e. The number of nitrogens with one attached hydrogen (secondary N) is 2. The molecular formula is C11H22N2O. The van der Waals surface area contributed by atoms with Gasteiger partial charge in [-0.2, -0.15) is 0 Å². The van der Waals surface area contributed by atoms with Crippen LogP contribution in [0.25, 0.3) is 0 Å². The van der Waals surface area contributed by atoms with Crippen molar-refractivity contribution in [3.8, 4) is 0 Å². The monoisotopic (exact) mass is 198 g/mol. The number of hydrogen-bond donors (Lipinski definition) is 2. The van der Waals surface area contributed by atoms with Crippen LogP contribution in [-0.2, 0) is 0 Å². The minimum absolute atomic E-state index is 0.00532. The molecule has 3 heteroatoms. The standard InChI is InChI=1S/C11H22N2O/c1-3-9-6-5-7-10(8-9)13-11(14)12-4-2/h9-10H,3-8H2,1-2H3,(H2,12,13,14)/t9-,10-/m0/s1. The summed E-state index contributed by atoms with van der Waals surface area (Å²) in [6, 6.07) is 0.398. The van der Waals surface area contributed by atoms with E-state index in [0.29, 0.717) is 12.6 Å². The van der Waals surface area contributed by atoms with Crippen LogP contribution in [0.2, 0.25) is 0 Å². The highest BCUT2D eigenvalue weighted by molar-refractivity contribution is 5.74. The second-order valence-corrected chi connectivity index (χ2v) is 4.14. The minimum Gasteiger partial charge on any atom is -0.338 e. The summed E-state index contributed by atoms with van der Waals surface area (Å²) in [6.45, 7) is 4.88. The van der Waals surface area contributed by atoms with Gasteiger partial charge in [-0.25, -0.2) is 4.79 Å². The van der Waals surface area contributed by atoms with Crippen molar-refractivity contribution in [2.75, 3.05) is 6.54 Å². The minimum atomic E-state index is -0.00532. The summed E-state index contributed by atoms with van der Waals surface area (Å²) in [4.78, 5) is 11.3. The molecule has 0 aromatic rings. The summed E-state index contributed by atoms with van der Waals surface area (Å²) < 4.78 is 0. The molecule has 0 aliphatic heterocycles. The number of carbonyl (C=O) groups excluding carboxylic acids is 1. The summed E-state index contributed by atoms with van der Waals surface area (Å²) >= 11 is 0. The van der Waals surface area contributed by atoms with E-state index < -0.39 is 0 Å². The van der Waals surface area contributed by atoms with E-state index in [4.69, 9.17) is 0 Å². The fourth-order valence-corrected chi connectivity index (χ4v) is 2.19. The van der Waals surface area contributed by atoms with Crippen LogP contribution in [0, 0.1) is 5.92 Å². The molecule has 0 heterocycles. The Morgan fingerprint density at radius 2 is 2.14 bits per heavy atom. The van der Waals surface area contributed by atoms with Crippen LogP contribution in [0.5, 0.6) is 0 Å². The maximum absolute atomic E-state index is 11.3. The lowest BCUT2D eigenvalue weighted by molar-refractivity contribution is 0.225. The lowest BCUT2D eigenvalue weighted by Gasteiger charge is -2.29. The topological polar surface area (TPSA) is 41.1 Å². The van der Waals surface area contributed by atoms with E-state index in [-0.39, 0.29) is 6.03 Å². The molecule has 0 bridgehead atoms. The van der Waals surface area contributed by atoms with Crippen molar-refractivity contribution in [2.24, 2.45) is 5.92 Å². The Balaban J connectivity index is 2.26. The largest absolute Gasteiger partial charge is 0.338 e. The van der Waals surface area contributed by atoms with Crippen LogP contribution >= 0.6 is 0 Å². The van der Waals surface area contributed by atoms with Gasteiger partial charge in [-0.1, -0.05) is 26.2 Å². The summed E-state index contributed by atoms with van der Waals surface area (Å²) in [5.41, 5.74) is 0. The highest BCUT2D eigenvalue weighted by Crippen LogP contribution is 2.26. The van der Waals surface area contributed by atoms with Crippen molar-refractivity contribution in [1.82, 2.24) is 10.6 Å². The molecule has 82 valence electrons. The zero-order valence-electron chi connectivity index (χ0n) is 9.31. The number of carbonyl (C=O) groups is 1. The van der Waals surface area contributed by atoms with Gasteiger partial charge in [0.25, 0.3) is 0 Å². The van der Waals surface area contributed by atoms with Gasteiger partial charge in [-0.15, -0.1) is 0 Å². The molecule has 1 aliphatic carbocycles. The molecule has 1 saturated carbocycles. The van der Waals surface area contributed by atoms with Gasteiger partial charge in [0, 0.05) is 12.6 Å². The third kappa shape index (κ3) is 3.56. The van der Waals surface area contributed by atoms with Gasteiger partial charge in [0.1, 0.15) is 0 Å². The van der Waals surface area contributed by atoms with E-state index in [1.165, 1.54) is 19.3 Å². The molecule has 14 heavy (non-hydrogen) atoms. The van der Waals surface area contributed by atoms with Crippen LogP contribution in [0.4, 0.5) is 4.79 Å². The van der Waals surface area contributed by atoms with Crippen molar-refractivity contribution in [3.05, 3.63) is 0 Å². The van der Waals surface area contributed by atoms with Gasteiger partial charge >= 0.3 is 6.03 Å². The van der Waals surface area contributed by atoms with Gasteiger partial charge in [-0.05, 0) is 25.7 Å². The Bertz CT molecular complexity index is 182. The Kier molecular flexibility index (Phi) is 4.77. The molecule has 1 fully saturated rings. The first-order valence-electron chi connectivity index (χ1n) is 5.80. The highest BCUT2D eigenvalue weighted by Gasteiger charge is 2.21. The smallest absolute Gasteiger partial charge is 0.314 e. The van der Waals surface area contributed by atoms with Crippen molar-refractivity contribution in [1.29, 1.82) is 0 Å². The quantitative estimate of drug-likeness (QED) is 0.717. The second kappa shape index (κ2) is 5.89. The van der Waals surface area contributed by atoms with Gasteiger partial charge in [0.2, 0.25) is 0 Å². The predicted octanol–water partition coefficient (Wildman–Crippen LogP) is 2.27. The first-order valence-corrected chi connectivity index (χ1v) is 5.80. The van der Waals surface area contributed by atoms with Crippen LogP contribution in [-0.4, -0.2) is 18.6 Å². The molecule has 1 rings (SSSR count). The first-order chi connectivity index (χ1) is 6.76. The molecular weight excluding hydrogens is 176 g/mol. The average molecular weight is 198 g/mol. The van der Waals surface area contributed by atoms with Gasteiger partial charge in [0.05, 0.1) is 0 Å². The Hall–Kier alpha value is -0.730. The molecule has 2 amide bonds. The average Bonchev–Trinajstić information content (AvgIpc) is 2.18. The summed E-state index contributed by atoms with van der Waals surface area (Å²) in [5.74, 6) is 0.815. The van der Waals surface area contributed by atoms with Crippen molar-refractivity contribution < 1.29 is 4.79 Å². The van der Waals surface area contributed by atoms with Crippen molar-refractivity contribution in [2.45, 2.75) is 52.0 Å². The Labute approximate surface area is 86.6 Å². The summed E-state index contributed by atoms with van der Waals surface area (Å²) in [6.07, 6.45) is 6.15. The molecule has 0 unspecified atom stereocenters. The van der Waals surface area contributed by atoms with E-state index in [0.717, 1.165) is 18.8 Å². The lowest BCUT2D eigenvalue weighted by atomic mass is 9.84. The molecule has 2 N–H and O–H groups in total. The van der Waals surface area contributed by atoms with E-state index >= 15 is 0 Å². The number of rotatable bonds is 3. The van der Waals surface area contributed by atoms with E-state index in [1.807, 2.05) is 6.92 Å². The first kappa shape index (κ1) is 11.3. The van der Waals surface area contributed by atoms with E-state index in [9.17, 15) is 4.79 Å². The van der Waals surface area contributed by atoms with Crippen LogP contribution < -0.4 is 10.6 Å². The maximum atomic E-state index is 11.3. The molecule has 0 aromatic carbocycles. The molecule has 0 aromatic heterocycles. The van der Waals surface area contributed by atoms with Gasteiger partial charge in [0.15, 0.2) is 0 Å². The molecule has 0 saturated heterocycles. The zero-order valence-corrected chi connectivity index (χ0v) is 9.31. The SMILES string of the molecule is CCNC(=O)N[C@H]1CCC[C@H](CC)C1. The molecule has 0 radical (unpaired) electrons. The van der Waals surface area contributed by atoms with E-state index in [1.54, 1.807) is 0 Å². The lowest BCUT2D eigenvalue weighted by Crippen LogP contribution is -2.43. The molecule has 0 spiro atoms. The van der Waals surface area contributed by atoms with Crippen LogP contribution in [0.1, 0.15) is 46.0 Å². The summed E-state index contributed by atoms with van der Waals surface area (Å²) in [7, 11) is 0. The fourth-order valence-electron chi connectivity index (χ4n) is 2.19. The highest BCUT2D eigenvalue weighted by atomic mass is 16.2. The van der Waals surface area contributed by atoms with Crippen molar-refractivity contribution in [3.63, 3.8) is 0 Å². The number of urea groups is 1. The normalized spacial score (nSPS) is 27.0. The third-order valence-electron chi connectivity index (χ3n) is 3.03. The van der Waals surface area contributed by atoms with Crippen molar-refractivity contribution >= 4 is 6.03 Å². The van der Waals surface area contributed by atoms with E-state index in [2.05, 4.69) is 17.6 Å². The molecule has 3 nitrogen and oxygen atoms in total. The third-order valence-corrected chi connectivity index (χ3v) is 3.03. The number of hydrogen-bond acceptors (Lipinski definition) is 1. The summed E-state index contributed by atoms with van der Waals surface area (Å²) in [5, 5.41) is 5.81. The van der Waals surface area contributed by atoms with Gasteiger partial charge < -0.3 is 10.6 Å². The van der Waals surface area contributed by atoms with Gasteiger partial charge in [-0.3, -0.25) is 0 Å². The van der Waals surface area contributed by atoms with Crippen LogP contribution in [0.15, 0.2) is 0 Å². The predicted molar refractivity (Wildman–Crippen MR) is 58.2 cm³/mol.